The van der Waals surface area contributed by atoms with Gasteiger partial charge in [-0.3, -0.25) is 9.48 Å². The highest BCUT2D eigenvalue weighted by Crippen LogP contribution is 2.36. The maximum Gasteiger partial charge on any atom is 0.435 e. The van der Waals surface area contributed by atoms with Crippen LogP contribution in [0.2, 0.25) is 0 Å². The molecular formula is C20H21F6N3O2. The second kappa shape index (κ2) is 8.43. The van der Waals surface area contributed by atoms with Crippen LogP contribution in [0.4, 0.5) is 32.0 Å². The zero-order valence-electron chi connectivity index (χ0n) is 16.9. The van der Waals surface area contributed by atoms with E-state index in [-0.39, 0.29) is 23.2 Å². The van der Waals surface area contributed by atoms with Crippen molar-refractivity contribution in [3.05, 3.63) is 46.3 Å². The molecule has 2 aromatic rings. The van der Waals surface area contributed by atoms with Crippen LogP contribution in [-0.4, -0.2) is 29.8 Å². The maximum absolute atomic E-state index is 13.2. The Balaban J connectivity index is 1.76. The van der Waals surface area contributed by atoms with Crippen molar-refractivity contribution < 1.29 is 35.9 Å². The van der Waals surface area contributed by atoms with Gasteiger partial charge in [-0.05, 0) is 49.4 Å². The first kappa shape index (κ1) is 23.0. The van der Waals surface area contributed by atoms with E-state index in [0.29, 0.717) is 25.0 Å². The Morgan fingerprint density at radius 2 is 1.74 bits per heavy atom. The van der Waals surface area contributed by atoms with Gasteiger partial charge in [-0.25, -0.2) is 0 Å². The van der Waals surface area contributed by atoms with Gasteiger partial charge in [0.05, 0.1) is 5.56 Å². The molecule has 11 heteroatoms. The third-order valence-corrected chi connectivity index (χ3v) is 5.03. The molecule has 0 N–H and O–H groups in total. The monoisotopic (exact) mass is 449 g/mol. The van der Waals surface area contributed by atoms with Crippen LogP contribution in [0, 0.1) is 0 Å². The summed E-state index contributed by atoms with van der Waals surface area (Å²) < 4.78 is 85.2. The molecule has 3 rings (SSSR count). The number of esters is 1. The minimum Gasteiger partial charge on any atom is -0.459 e. The van der Waals surface area contributed by atoms with E-state index in [0.717, 1.165) is 16.8 Å². The lowest BCUT2D eigenvalue weighted by Gasteiger charge is -2.17. The zero-order valence-corrected chi connectivity index (χ0v) is 16.9. The summed E-state index contributed by atoms with van der Waals surface area (Å²) >= 11 is 0. The van der Waals surface area contributed by atoms with Crippen LogP contribution in [0.3, 0.4) is 0 Å². The third kappa shape index (κ3) is 5.31. The van der Waals surface area contributed by atoms with Gasteiger partial charge in [-0.2, -0.15) is 31.4 Å². The van der Waals surface area contributed by atoms with Crippen molar-refractivity contribution in [2.45, 2.75) is 51.2 Å². The zero-order chi connectivity index (χ0) is 23.0. The van der Waals surface area contributed by atoms with Crippen LogP contribution in [0.15, 0.2) is 18.2 Å². The first-order valence-corrected chi connectivity index (χ1v) is 9.56. The first-order chi connectivity index (χ1) is 14.4. The maximum atomic E-state index is 13.2. The number of rotatable bonds is 5. The summed E-state index contributed by atoms with van der Waals surface area (Å²) in [7, 11) is 3.15. The summed E-state index contributed by atoms with van der Waals surface area (Å²) in [6.07, 6.45) is -7.31. The lowest BCUT2D eigenvalue weighted by atomic mass is 9.95. The van der Waals surface area contributed by atoms with Crippen molar-refractivity contribution in [1.29, 1.82) is 0 Å². The van der Waals surface area contributed by atoms with Gasteiger partial charge in [0.1, 0.15) is 13.2 Å². The number of hydrogen-bond acceptors (Lipinski definition) is 4. The number of hydrogen-bond donors (Lipinski definition) is 0. The highest BCUT2D eigenvalue weighted by molar-refractivity contribution is 5.69. The topological polar surface area (TPSA) is 47.4 Å². The molecule has 0 fully saturated rings. The minimum absolute atomic E-state index is 0.0973. The number of carbonyl (C=O) groups excluding carboxylic acids is 1. The fourth-order valence-electron chi connectivity index (χ4n) is 3.54. The highest BCUT2D eigenvalue weighted by Gasteiger charge is 2.39. The molecule has 170 valence electrons. The number of benzene rings is 1. The molecular weight excluding hydrogens is 428 g/mol. The Labute approximate surface area is 174 Å². The molecule has 1 aromatic heterocycles. The Hall–Kier alpha value is -2.72. The third-order valence-electron chi connectivity index (χ3n) is 5.03. The molecule has 31 heavy (non-hydrogen) atoms. The predicted octanol–water partition coefficient (Wildman–Crippen LogP) is 4.61. The van der Waals surface area contributed by atoms with Gasteiger partial charge in [-0.15, -0.1) is 0 Å². The molecule has 0 saturated heterocycles. The number of halogens is 6. The van der Waals surface area contributed by atoms with Gasteiger partial charge in [0.25, 0.3) is 0 Å². The van der Waals surface area contributed by atoms with E-state index in [4.69, 9.17) is 4.74 Å². The molecule has 0 spiro atoms. The van der Waals surface area contributed by atoms with E-state index in [1.54, 1.807) is 14.1 Å². The van der Waals surface area contributed by atoms with Crippen molar-refractivity contribution in [3.63, 3.8) is 0 Å². The summed E-state index contributed by atoms with van der Waals surface area (Å²) in [4.78, 5) is 13.7. The fraction of sp³-hybridized carbons (Fsp3) is 0.500. The summed E-state index contributed by atoms with van der Waals surface area (Å²) in [5.74, 6) is -0.881. The number of alkyl halides is 6. The van der Waals surface area contributed by atoms with Crippen LogP contribution in [0.25, 0.3) is 0 Å². The number of anilines is 1. The van der Waals surface area contributed by atoms with E-state index in [9.17, 15) is 31.1 Å². The van der Waals surface area contributed by atoms with E-state index < -0.39 is 42.7 Å². The highest BCUT2D eigenvalue weighted by atomic mass is 19.4. The molecule has 1 aliphatic carbocycles. The minimum atomic E-state index is -4.63. The number of fused-ring (bicyclic) bond motifs is 1. The number of ether oxygens (including phenoxy) is 1. The van der Waals surface area contributed by atoms with E-state index in [2.05, 4.69) is 5.10 Å². The Morgan fingerprint density at radius 1 is 1.06 bits per heavy atom. The number of carbonyl (C=O) groups is 1. The fourth-order valence-corrected chi connectivity index (χ4v) is 3.54. The van der Waals surface area contributed by atoms with E-state index >= 15 is 0 Å². The molecule has 0 atom stereocenters. The van der Waals surface area contributed by atoms with Crippen LogP contribution in [0.1, 0.15) is 40.9 Å². The van der Waals surface area contributed by atoms with Gasteiger partial charge in [-0.1, -0.05) is 0 Å². The normalized spacial score (nSPS) is 14.3. The van der Waals surface area contributed by atoms with Gasteiger partial charge in [0.2, 0.25) is 0 Å². The van der Waals surface area contributed by atoms with E-state index in [1.165, 1.54) is 11.0 Å². The Kier molecular flexibility index (Phi) is 6.24. The summed E-state index contributed by atoms with van der Waals surface area (Å²) in [6, 6.07) is 3.29. The molecule has 0 unspecified atom stereocenters. The summed E-state index contributed by atoms with van der Waals surface area (Å²) in [5, 5.41) is 3.58. The Morgan fingerprint density at radius 3 is 2.35 bits per heavy atom. The van der Waals surface area contributed by atoms with Crippen molar-refractivity contribution in [2.75, 3.05) is 19.0 Å². The van der Waals surface area contributed by atoms with Gasteiger partial charge in [0.15, 0.2) is 5.69 Å². The molecule has 0 radical (unpaired) electrons. The number of aromatic nitrogens is 2. The smallest absolute Gasteiger partial charge is 0.435 e. The largest absolute Gasteiger partial charge is 0.459 e. The second-order valence-corrected chi connectivity index (χ2v) is 7.58. The van der Waals surface area contributed by atoms with Crippen molar-refractivity contribution in [1.82, 2.24) is 9.78 Å². The van der Waals surface area contributed by atoms with Crippen molar-refractivity contribution >= 4 is 11.7 Å². The molecule has 5 nitrogen and oxygen atoms in total. The lowest BCUT2D eigenvalue weighted by Crippen LogP contribution is -2.18. The van der Waals surface area contributed by atoms with Crippen molar-refractivity contribution in [3.8, 4) is 0 Å². The summed E-state index contributed by atoms with van der Waals surface area (Å²) in [6.45, 7) is -0.989. The quantitative estimate of drug-likeness (QED) is 0.494. The standard InChI is InChI=1S/C20H21F6N3O2/c1-28(2)14-8-12(7-13(9-14)19(21,22)23)11-31-17(30)10-29-16-6-4-3-5-15(16)18(27-29)20(24,25)26/h7-9H,3-6,10-11H2,1-2H3. The SMILES string of the molecule is CN(C)c1cc(COC(=O)Cn2nc(C(F)(F)F)c3c2CCCC3)cc(C(F)(F)F)c1. The predicted molar refractivity (Wildman–Crippen MR) is 99.4 cm³/mol. The van der Waals surface area contributed by atoms with E-state index in [1.807, 2.05) is 0 Å². The first-order valence-electron chi connectivity index (χ1n) is 9.56. The lowest BCUT2D eigenvalue weighted by molar-refractivity contribution is -0.147. The molecule has 0 amide bonds. The van der Waals surface area contributed by atoms with Gasteiger partial charge < -0.3 is 9.64 Å². The van der Waals surface area contributed by atoms with Crippen LogP contribution in [0.5, 0.6) is 0 Å². The second-order valence-electron chi connectivity index (χ2n) is 7.58. The average molecular weight is 449 g/mol. The van der Waals surface area contributed by atoms with Crippen LogP contribution in [-0.2, 0) is 47.9 Å². The molecule has 0 bridgehead atoms. The molecule has 1 aromatic carbocycles. The summed E-state index contributed by atoms with van der Waals surface area (Å²) in [5.41, 5.74) is -1.05. The van der Waals surface area contributed by atoms with Gasteiger partial charge in [0, 0.05) is 31.0 Å². The molecule has 1 aliphatic rings. The number of nitrogens with zero attached hydrogens (tertiary/aromatic N) is 3. The van der Waals surface area contributed by atoms with Crippen molar-refractivity contribution in [2.24, 2.45) is 0 Å². The molecule has 0 aliphatic heterocycles. The van der Waals surface area contributed by atoms with Crippen LogP contribution >= 0.6 is 0 Å². The molecule has 0 saturated carbocycles. The van der Waals surface area contributed by atoms with Crippen LogP contribution < -0.4 is 4.90 Å². The Bertz CT molecular complexity index is 963. The average Bonchev–Trinajstić information content (AvgIpc) is 3.04. The van der Waals surface area contributed by atoms with Gasteiger partial charge >= 0.3 is 18.3 Å². The molecule has 1 heterocycles.